The van der Waals surface area contributed by atoms with Crippen LogP contribution in [-0.2, 0) is 10.2 Å². The molecule has 1 N–H and O–H groups in total. The van der Waals surface area contributed by atoms with Crippen molar-refractivity contribution in [3.63, 3.8) is 0 Å². The summed E-state index contributed by atoms with van der Waals surface area (Å²) in [6, 6.07) is 9.64. The Morgan fingerprint density at radius 1 is 1.39 bits per heavy atom. The molecule has 0 unspecified atom stereocenters. The first-order chi connectivity index (χ1) is 8.73. The average Bonchev–Trinajstić information content (AvgIpc) is 2.89. The molecular weight excluding hydrogens is 230 g/mol. The number of nitriles is 1. The molecule has 0 bridgehead atoms. The highest BCUT2D eigenvalue weighted by Gasteiger charge is 2.45. The quantitative estimate of drug-likeness (QED) is 0.843. The van der Waals surface area contributed by atoms with Crippen molar-refractivity contribution in [1.82, 2.24) is 20.6 Å². The standard InChI is InChI=1S/C12H9N5O/c13-7-12(5-10(18)6-12)9-3-1-2-8(4-9)11-14-16-17-15-11/h1-4H,5-6H2,(H,14,15,16,17). The van der Waals surface area contributed by atoms with Crippen LogP contribution in [0.25, 0.3) is 11.4 Å². The van der Waals surface area contributed by atoms with Crippen LogP contribution >= 0.6 is 0 Å². The van der Waals surface area contributed by atoms with Crippen LogP contribution in [0.2, 0.25) is 0 Å². The number of tetrazole rings is 1. The molecule has 3 rings (SSSR count). The highest BCUT2D eigenvalue weighted by Crippen LogP contribution is 2.41. The minimum absolute atomic E-state index is 0.126. The zero-order valence-electron chi connectivity index (χ0n) is 9.42. The van der Waals surface area contributed by atoms with Gasteiger partial charge in [-0.15, -0.1) is 10.2 Å². The molecule has 1 aromatic heterocycles. The monoisotopic (exact) mass is 239 g/mol. The van der Waals surface area contributed by atoms with Gasteiger partial charge in [0.15, 0.2) is 0 Å². The van der Waals surface area contributed by atoms with E-state index in [1.165, 1.54) is 0 Å². The lowest BCUT2D eigenvalue weighted by atomic mass is 9.64. The molecule has 18 heavy (non-hydrogen) atoms. The smallest absolute Gasteiger partial charge is 0.204 e. The van der Waals surface area contributed by atoms with E-state index in [-0.39, 0.29) is 5.78 Å². The summed E-state index contributed by atoms with van der Waals surface area (Å²) in [7, 11) is 0. The van der Waals surface area contributed by atoms with Gasteiger partial charge in [-0.05, 0) is 16.8 Å². The number of ketones is 1. The number of Topliss-reactive ketones (excluding diaryl/α,β-unsaturated/α-hetero) is 1. The van der Waals surface area contributed by atoms with Crippen molar-refractivity contribution in [2.24, 2.45) is 0 Å². The van der Waals surface area contributed by atoms with Crippen molar-refractivity contribution >= 4 is 5.78 Å². The van der Waals surface area contributed by atoms with Gasteiger partial charge < -0.3 is 0 Å². The predicted molar refractivity (Wildman–Crippen MR) is 61.1 cm³/mol. The number of nitrogens with zero attached hydrogens (tertiary/aromatic N) is 4. The van der Waals surface area contributed by atoms with E-state index < -0.39 is 5.41 Å². The lowest BCUT2D eigenvalue weighted by Crippen LogP contribution is -2.40. The number of aromatic amines is 1. The van der Waals surface area contributed by atoms with Crippen LogP contribution in [0.3, 0.4) is 0 Å². The summed E-state index contributed by atoms with van der Waals surface area (Å²) in [6.45, 7) is 0. The second kappa shape index (κ2) is 3.74. The van der Waals surface area contributed by atoms with Crippen molar-refractivity contribution in [3.05, 3.63) is 29.8 Å². The highest BCUT2D eigenvalue weighted by atomic mass is 16.1. The Labute approximate surface area is 103 Å². The first-order valence-electron chi connectivity index (χ1n) is 5.51. The molecule has 0 amide bonds. The predicted octanol–water partition coefficient (Wildman–Crippen LogP) is 0.991. The zero-order valence-corrected chi connectivity index (χ0v) is 9.42. The van der Waals surface area contributed by atoms with E-state index in [0.29, 0.717) is 18.7 Å². The molecule has 1 aliphatic carbocycles. The van der Waals surface area contributed by atoms with Gasteiger partial charge in [-0.25, -0.2) is 0 Å². The Balaban J connectivity index is 2.02. The number of hydrogen-bond donors (Lipinski definition) is 1. The van der Waals surface area contributed by atoms with Gasteiger partial charge in [0.1, 0.15) is 5.78 Å². The molecule has 2 aromatic rings. The number of carbonyl (C=O) groups is 1. The van der Waals surface area contributed by atoms with Gasteiger partial charge in [0.05, 0.1) is 11.5 Å². The zero-order chi connectivity index (χ0) is 12.6. The van der Waals surface area contributed by atoms with Crippen LogP contribution in [0.4, 0.5) is 0 Å². The fourth-order valence-corrected chi connectivity index (χ4v) is 2.21. The second-order valence-corrected chi connectivity index (χ2v) is 4.40. The molecule has 0 spiro atoms. The molecule has 1 aromatic carbocycles. The maximum absolute atomic E-state index is 11.2. The van der Waals surface area contributed by atoms with E-state index in [9.17, 15) is 10.1 Å². The van der Waals surface area contributed by atoms with Gasteiger partial charge in [-0.2, -0.15) is 10.5 Å². The summed E-state index contributed by atoms with van der Waals surface area (Å²) in [5.41, 5.74) is 0.957. The van der Waals surface area contributed by atoms with Crippen molar-refractivity contribution in [2.75, 3.05) is 0 Å². The maximum atomic E-state index is 11.2. The van der Waals surface area contributed by atoms with Gasteiger partial charge in [0, 0.05) is 18.4 Å². The molecule has 0 aliphatic heterocycles. The Bertz CT molecular complexity index is 633. The lowest BCUT2D eigenvalue weighted by molar-refractivity contribution is -0.126. The molecule has 0 saturated heterocycles. The fourth-order valence-electron chi connectivity index (χ4n) is 2.21. The van der Waals surface area contributed by atoms with Crippen LogP contribution in [0.1, 0.15) is 18.4 Å². The molecule has 1 heterocycles. The molecule has 0 radical (unpaired) electrons. The Morgan fingerprint density at radius 3 is 2.83 bits per heavy atom. The van der Waals surface area contributed by atoms with Crippen LogP contribution in [0, 0.1) is 11.3 Å². The molecular formula is C12H9N5O. The molecule has 1 saturated carbocycles. The third-order valence-corrected chi connectivity index (χ3v) is 3.23. The van der Waals surface area contributed by atoms with E-state index >= 15 is 0 Å². The summed E-state index contributed by atoms with van der Waals surface area (Å²) >= 11 is 0. The Hall–Kier alpha value is -2.55. The minimum atomic E-state index is -0.670. The van der Waals surface area contributed by atoms with Gasteiger partial charge in [0.2, 0.25) is 5.82 Å². The maximum Gasteiger partial charge on any atom is 0.204 e. The summed E-state index contributed by atoms with van der Waals surface area (Å²) < 4.78 is 0. The number of nitrogens with one attached hydrogen (secondary N) is 1. The summed E-state index contributed by atoms with van der Waals surface area (Å²) in [4.78, 5) is 11.2. The first kappa shape index (κ1) is 10.6. The van der Waals surface area contributed by atoms with Crippen molar-refractivity contribution in [2.45, 2.75) is 18.3 Å². The minimum Gasteiger partial charge on any atom is -0.300 e. The second-order valence-electron chi connectivity index (χ2n) is 4.40. The van der Waals surface area contributed by atoms with E-state index in [1.54, 1.807) is 0 Å². The molecule has 1 fully saturated rings. The van der Waals surface area contributed by atoms with E-state index in [1.807, 2.05) is 24.3 Å². The number of hydrogen-bond acceptors (Lipinski definition) is 5. The SMILES string of the molecule is N#CC1(c2cccc(-c3nn[nH]n3)c2)CC(=O)C1. The molecule has 6 nitrogen and oxygen atoms in total. The number of H-pyrrole nitrogens is 1. The lowest BCUT2D eigenvalue weighted by Gasteiger charge is -2.34. The number of benzene rings is 1. The van der Waals surface area contributed by atoms with Crippen molar-refractivity contribution in [1.29, 1.82) is 5.26 Å². The molecule has 6 heteroatoms. The molecule has 88 valence electrons. The van der Waals surface area contributed by atoms with E-state index in [4.69, 9.17) is 0 Å². The number of rotatable bonds is 2. The van der Waals surface area contributed by atoms with Crippen LogP contribution in [0.5, 0.6) is 0 Å². The fraction of sp³-hybridized carbons (Fsp3) is 0.250. The van der Waals surface area contributed by atoms with Crippen molar-refractivity contribution < 1.29 is 4.79 Å². The van der Waals surface area contributed by atoms with Crippen molar-refractivity contribution in [3.8, 4) is 17.5 Å². The van der Waals surface area contributed by atoms with Crippen LogP contribution in [0.15, 0.2) is 24.3 Å². The van der Waals surface area contributed by atoms with E-state index in [2.05, 4.69) is 26.7 Å². The van der Waals surface area contributed by atoms with Crippen LogP contribution in [-0.4, -0.2) is 26.4 Å². The van der Waals surface area contributed by atoms with Gasteiger partial charge in [0.25, 0.3) is 0 Å². The third kappa shape index (κ3) is 1.49. The largest absolute Gasteiger partial charge is 0.300 e. The summed E-state index contributed by atoms with van der Waals surface area (Å²) in [6.07, 6.45) is 0.582. The summed E-state index contributed by atoms with van der Waals surface area (Å²) in [5.74, 6) is 0.608. The highest BCUT2D eigenvalue weighted by molar-refractivity contribution is 5.90. The number of aromatic nitrogens is 4. The molecule has 0 atom stereocenters. The van der Waals surface area contributed by atoms with Gasteiger partial charge in [-0.3, -0.25) is 4.79 Å². The van der Waals surface area contributed by atoms with E-state index in [0.717, 1.165) is 11.1 Å². The van der Waals surface area contributed by atoms with Gasteiger partial charge in [-0.1, -0.05) is 18.2 Å². The Kier molecular flexibility index (Phi) is 2.20. The topological polar surface area (TPSA) is 95.3 Å². The van der Waals surface area contributed by atoms with Gasteiger partial charge >= 0.3 is 0 Å². The Morgan fingerprint density at radius 2 is 2.22 bits per heavy atom. The summed E-state index contributed by atoms with van der Waals surface area (Å²) in [5, 5.41) is 23.0. The first-order valence-corrected chi connectivity index (χ1v) is 5.51. The average molecular weight is 239 g/mol. The third-order valence-electron chi connectivity index (χ3n) is 3.23. The normalized spacial score (nSPS) is 16.9. The van der Waals surface area contributed by atoms with Crippen LogP contribution < -0.4 is 0 Å². The number of carbonyl (C=O) groups excluding carboxylic acids is 1. The molecule has 1 aliphatic rings.